The molecule has 122 valence electrons. The van der Waals surface area contributed by atoms with Crippen LogP contribution in [0.25, 0.3) is 0 Å². The van der Waals surface area contributed by atoms with Gasteiger partial charge in [-0.1, -0.05) is 19.3 Å². The Morgan fingerprint density at radius 2 is 1.76 bits per heavy atom. The van der Waals surface area contributed by atoms with E-state index in [4.69, 9.17) is 0 Å². The van der Waals surface area contributed by atoms with Gasteiger partial charge in [-0.05, 0) is 25.7 Å². The Kier molecular flexibility index (Phi) is 5.62. The van der Waals surface area contributed by atoms with Crippen LogP contribution in [0.3, 0.4) is 0 Å². The maximum absolute atomic E-state index is 12.4. The van der Waals surface area contributed by atoms with Gasteiger partial charge >= 0.3 is 0 Å². The first-order valence-corrected chi connectivity index (χ1v) is 9.29. The number of carbonyl (C=O) groups excluding carboxylic acids is 1. The molecule has 1 amide bonds. The van der Waals surface area contributed by atoms with E-state index in [9.17, 15) is 13.2 Å². The topological polar surface area (TPSA) is 69.7 Å². The molecule has 1 N–H and O–H groups in total. The Balaban J connectivity index is 1.92. The van der Waals surface area contributed by atoms with Crippen LogP contribution in [-0.2, 0) is 15.0 Å². The molecule has 6 nitrogen and oxygen atoms in total. The van der Waals surface area contributed by atoms with Gasteiger partial charge in [0.2, 0.25) is 5.91 Å². The smallest absolute Gasteiger partial charge is 0.281 e. The van der Waals surface area contributed by atoms with Gasteiger partial charge in [-0.2, -0.15) is 17.0 Å². The van der Waals surface area contributed by atoms with Crippen molar-refractivity contribution in [2.45, 2.75) is 51.0 Å². The molecule has 0 aromatic carbocycles. The van der Waals surface area contributed by atoms with E-state index in [1.165, 1.54) is 42.0 Å². The zero-order chi connectivity index (χ0) is 15.5. The summed E-state index contributed by atoms with van der Waals surface area (Å²) in [6, 6.07) is 0.284. The molecule has 2 rings (SSSR count). The van der Waals surface area contributed by atoms with Gasteiger partial charge in [0, 0.05) is 33.2 Å². The second-order valence-corrected chi connectivity index (χ2v) is 8.47. The fraction of sp³-hybridized carbons (Fsp3) is 0.929. The van der Waals surface area contributed by atoms with E-state index in [0.29, 0.717) is 13.1 Å². The maximum atomic E-state index is 12.4. The third kappa shape index (κ3) is 4.17. The monoisotopic (exact) mass is 317 g/mol. The van der Waals surface area contributed by atoms with Crippen molar-refractivity contribution in [3.63, 3.8) is 0 Å². The number of carbonyl (C=O) groups is 1. The molecule has 0 aromatic rings. The van der Waals surface area contributed by atoms with Crippen LogP contribution in [0.2, 0.25) is 0 Å². The molecular weight excluding hydrogens is 290 g/mol. The molecule has 0 bridgehead atoms. The van der Waals surface area contributed by atoms with Crippen molar-refractivity contribution in [3.8, 4) is 0 Å². The molecule has 1 saturated carbocycles. The fourth-order valence-electron chi connectivity index (χ4n) is 3.16. The van der Waals surface area contributed by atoms with Gasteiger partial charge in [0.05, 0.1) is 5.92 Å². The molecule has 1 unspecified atom stereocenters. The van der Waals surface area contributed by atoms with Gasteiger partial charge in [0.25, 0.3) is 10.2 Å². The normalized spacial score (nSPS) is 26.0. The number of nitrogens with zero attached hydrogens (tertiary/aromatic N) is 2. The Morgan fingerprint density at radius 1 is 1.10 bits per heavy atom. The van der Waals surface area contributed by atoms with E-state index >= 15 is 0 Å². The highest BCUT2D eigenvalue weighted by Crippen LogP contribution is 2.22. The van der Waals surface area contributed by atoms with Crippen molar-refractivity contribution in [3.05, 3.63) is 0 Å². The van der Waals surface area contributed by atoms with Crippen molar-refractivity contribution in [2.75, 3.05) is 27.2 Å². The molecule has 1 atom stereocenters. The van der Waals surface area contributed by atoms with E-state index in [1.807, 2.05) is 0 Å². The van der Waals surface area contributed by atoms with Crippen LogP contribution in [-0.4, -0.2) is 56.2 Å². The minimum Gasteiger partial charge on any atom is -0.353 e. The predicted octanol–water partition coefficient (Wildman–Crippen LogP) is 0.954. The number of amides is 1. The molecule has 0 radical (unpaired) electrons. The highest BCUT2D eigenvalue weighted by Gasteiger charge is 2.34. The fourth-order valence-corrected chi connectivity index (χ4v) is 4.35. The summed E-state index contributed by atoms with van der Waals surface area (Å²) in [5, 5.41) is 3.12. The minimum absolute atomic E-state index is 0.0283. The maximum Gasteiger partial charge on any atom is 0.281 e. The van der Waals surface area contributed by atoms with Gasteiger partial charge in [-0.15, -0.1) is 0 Å². The first kappa shape index (κ1) is 16.7. The molecule has 2 aliphatic rings. The summed E-state index contributed by atoms with van der Waals surface area (Å²) in [7, 11) is -0.355. The molecule has 1 aliphatic carbocycles. The van der Waals surface area contributed by atoms with E-state index in [2.05, 4.69) is 5.32 Å². The largest absolute Gasteiger partial charge is 0.353 e. The van der Waals surface area contributed by atoms with E-state index in [0.717, 1.165) is 25.7 Å². The van der Waals surface area contributed by atoms with Gasteiger partial charge < -0.3 is 5.32 Å². The average molecular weight is 317 g/mol. The van der Waals surface area contributed by atoms with Gasteiger partial charge in [0.15, 0.2) is 0 Å². The lowest BCUT2D eigenvalue weighted by molar-refractivity contribution is -0.127. The zero-order valence-electron chi connectivity index (χ0n) is 13.0. The SMILES string of the molecule is CN(C)S(=O)(=O)N1CCCC(C(=O)NC2CCCCC2)C1. The van der Waals surface area contributed by atoms with Crippen molar-refractivity contribution in [1.82, 2.24) is 13.9 Å². The number of rotatable bonds is 4. The van der Waals surface area contributed by atoms with E-state index in [-0.39, 0.29) is 17.9 Å². The lowest BCUT2D eigenvalue weighted by Gasteiger charge is -2.34. The van der Waals surface area contributed by atoms with Crippen molar-refractivity contribution >= 4 is 16.1 Å². The molecule has 21 heavy (non-hydrogen) atoms. The average Bonchev–Trinajstić information content (AvgIpc) is 2.48. The molecule has 7 heteroatoms. The van der Waals surface area contributed by atoms with Crippen molar-refractivity contribution in [1.29, 1.82) is 0 Å². The second kappa shape index (κ2) is 7.07. The second-order valence-electron chi connectivity index (χ2n) is 6.33. The van der Waals surface area contributed by atoms with E-state index in [1.54, 1.807) is 0 Å². The number of nitrogens with one attached hydrogen (secondary N) is 1. The molecule has 1 aliphatic heterocycles. The third-order valence-electron chi connectivity index (χ3n) is 4.49. The molecule has 1 heterocycles. The van der Waals surface area contributed by atoms with E-state index < -0.39 is 10.2 Å². The van der Waals surface area contributed by atoms with Crippen LogP contribution < -0.4 is 5.32 Å². The molecule has 0 aromatic heterocycles. The molecular formula is C14H27N3O3S. The van der Waals surface area contributed by atoms with Crippen LogP contribution in [0.1, 0.15) is 44.9 Å². The predicted molar refractivity (Wildman–Crippen MR) is 81.9 cm³/mol. The third-order valence-corrected chi connectivity index (χ3v) is 6.40. The Hall–Kier alpha value is -0.660. The summed E-state index contributed by atoms with van der Waals surface area (Å²) in [6.45, 7) is 0.812. The van der Waals surface area contributed by atoms with Crippen LogP contribution >= 0.6 is 0 Å². The number of hydrogen-bond acceptors (Lipinski definition) is 3. The summed E-state index contributed by atoms with van der Waals surface area (Å²) >= 11 is 0. The Labute approximate surface area is 128 Å². The van der Waals surface area contributed by atoms with Gasteiger partial charge in [-0.25, -0.2) is 0 Å². The molecule has 1 saturated heterocycles. The summed E-state index contributed by atoms with van der Waals surface area (Å²) in [5.41, 5.74) is 0. The van der Waals surface area contributed by atoms with Crippen LogP contribution in [0, 0.1) is 5.92 Å². The first-order chi connectivity index (χ1) is 9.91. The highest BCUT2D eigenvalue weighted by molar-refractivity contribution is 7.86. The summed E-state index contributed by atoms with van der Waals surface area (Å²) in [6.07, 6.45) is 7.24. The Bertz CT molecular complexity index is 458. The molecule has 2 fully saturated rings. The quantitative estimate of drug-likeness (QED) is 0.839. The zero-order valence-corrected chi connectivity index (χ0v) is 13.9. The minimum atomic E-state index is -3.41. The lowest BCUT2D eigenvalue weighted by atomic mass is 9.93. The van der Waals surface area contributed by atoms with Crippen molar-refractivity contribution < 1.29 is 13.2 Å². The summed E-state index contributed by atoms with van der Waals surface area (Å²) in [4.78, 5) is 12.4. The Morgan fingerprint density at radius 3 is 2.38 bits per heavy atom. The summed E-state index contributed by atoms with van der Waals surface area (Å²) < 4.78 is 27.0. The van der Waals surface area contributed by atoms with Crippen LogP contribution in [0.4, 0.5) is 0 Å². The standard InChI is InChI=1S/C14H27N3O3S/c1-16(2)21(19,20)17-10-6-7-12(11-17)14(18)15-13-8-4-3-5-9-13/h12-13H,3-11H2,1-2H3,(H,15,18). The number of piperidine rings is 1. The van der Waals surface area contributed by atoms with Crippen molar-refractivity contribution in [2.24, 2.45) is 5.92 Å². The lowest BCUT2D eigenvalue weighted by Crippen LogP contribution is -2.50. The number of hydrogen-bond donors (Lipinski definition) is 1. The molecule has 0 spiro atoms. The van der Waals surface area contributed by atoms with Crippen LogP contribution in [0.5, 0.6) is 0 Å². The summed E-state index contributed by atoms with van der Waals surface area (Å²) in [5.74, 6) is -0.184. The highest BCUT2D eigenvalue weighted by atomic mass is 32.2. The first-order valence-electron chi connectivity index (χ1n) is 7.89. The van der Waals surface area contributed by atoms with Gasteiger partial charge in [0.1, 0.15) is 0 Å². The van der Waals surface area contributed by atoms with Crippen LogP contribution in [0.15, 0.2) is 0 Å². The van der Waals surface area contributed by atoms with Gasteiger partial charge in [-0.3, -0.25) is 4.79 Å².